The monoisotopic (exact) mass is 517 g/mol. The molecule has 0 saturated carbocycles. The van der Waals surface area contributed by atoms with Crippen LogP contribution in [0.4, 0.5) is 31.9 Å². The number of nitrogens with zero attached hydrogens (tertiary/aromatic N) is 3. The highest BCUT2D eigenvalue weighted by Gasteiger charge is 2.35. The lowest BCUT2D eigenvalue weighted by atomic mass is 9.90. The molecule has 3 aromatic carbocycles. The second-order valence-electron chi connectivity index (χ2n) is 9.05. The van der Waals surface area contributed by atoms with E-state index in [1.54, 1.807) is 71.4 Å². The topological polar surface area (TPSA) is 103 Å². The van der Waals surface area contributed by atoms with Crippen molar-refractivity contribution < 1.29 is 23.5 Å². The van der Waals surface area contributed by atoms with Gasteiger partial charge in [0.05, 0.1) is 25.1 Å². The Morgan fingerprint density at radius 1 is 1.03 bits per heavy atom. The molecule has 1 heterocycles. The number of fused-ring (bicyclic) bond motifs is 1. The van der Waals surface area contributed by atoms with Crippen LogP contribution in [0.5, 0.6) is 0 Å². The summed E-state index contributed by atoms with van der Waals surface area (Å²) in [5.74, 6) is -1.62. The number of aliphatic imine (C=N–C) groups is 1. The fourth-order valence-corrected chi connectivity index (χ4v) is 4.11. The van der Waals surface area contributed by atoms with E-state index in [2.05, 4.69) is 15.4 Å². The summed E-state index contributed by atoms with van der Waals surface area (Å²) >= 11 is 0. The lowest BCUT2D eigenvalue weighted by molar-refractivity contribution is -0.119. The van der Waals surface area contributed by atoms with Crippen molar-refractivity contribution in [3.05, 3.63) is 83.7 Å². The van der Waals surface area contributed by atoms with Crippen LogP contribution in [0.2, 0.25) is 0 Å². The Kier molecular flexibility index (Phi) is 7.82. The summed E-state index contributed by atoms with van der Waals surface area (Å²) in [6.07, 6.45) is -0.605. The van der Waals surface area contributed by atoms with Crippen molar-refractivity contribution in [3.63, 3.8) is 0 Å². The van der Waals surface area contributed by atoms with Gasteiger partial charge in [-0.25, -0.2) is 9.18 Å². The van der Waals surface area contributed by atoms with Crippen LogP contribution in [0.1, 0.15) is 17.0 Å². The Balaban J connectivity index is 1.72. The Hall–Kier alpha value is -4.57. The summed E-state index contributed by atoms with van der Waals surface area (Å²) < 4.78 is 18.5. The minimum atomic E-state index is -0.783. The van der Waals surface area contributed by atoms with Gasteiger partial charge in [0.1, 0.15) is 11.7 Å². The zero-order chi connectivity index (χ0) is 27.4. The van der Waals surface area contributed by atoms with Gasteiger partial charge in [0, 0.05) is 24.1 Å². The van der Waals surface area contributed by atoms with Gasteiger partial charge in [-0.1, -0.05) is 18.2 Å². The molecule has 0 bridgehead atoms. The van der Waals surface area contributed by atoms with Gasteiger partial charge in [-0.05, 0) is 73.8 Å². The lowest BCUT2D eigenvalue weighted by Crippen LogP contribution is -2.34. The van der Waals surface area contributed by atoms with Gasteiger partial charge in [-0.15, -0.1) is 0 Å². The number of carbonyl (C=O) groups is 3. The summed E-state index contributed by atoms with van der Waals surface area (Å²) in [5.41, 5.74) is 3.87. The zero-order valence-electron chi connectivity index (χ0n) is 21.5. The molecule has 1 unspecified atom stereocenters. The van der Waals surface area contributed by atoms with Crippen molar-refractivity contribution in [2.24, 2.45) is 4.99 Å². The largest absolute Gasteiger partial charge is 0.453 e. The van der Waals surface area contributed by atoms with E-state index in [4.69, 9.17) is 4.99 Å². The predicted molar refractivity (Wildman–Crippen MR) is 145 cm³/mol. The first-order valence-corrected chi connectivity index (χ1v) is 11.8. The van der Waals surface area contributed by atoms with E-state index in [0.29, 0.717) is 39.6 Å². The van der Waals surface area contributed by atoms with Gasteiger partial charge in [0.2, 0.25) is 11.8 Å². The predicted octanol–water partition coefficient (Wildman–Crippen LogP) is 4.39. The highest BCUT2D eigenvalue weighted by molar-refractivity contribution is 6.24. The molecule has 4 rings (SSSR count). The molecule has 1 atom stereocenters. The summed E-state index contributed by atoms with van der Waals surface area (Å²) in [6, 6.07) is 18.1. The van der Waals surface area contributed by atoms with Crippen LogP contribution in [0, 0.1) is 5.82 Å². The first kappa shape index (κ1) is 26.5. The maximum absolute atomic E-state index is 13.8. The molecule has 0 fully saturated rings. The average Bonchev–Trinajstić information content (AvgIpc) is 3.21. The molecule has 3 amide bonds. The summed E-state index contributed by atoms with van der Waals surface area (Å²) in [6.45, 7) is 0.276. The van der Waals surface area contributed by atoms with E-state index in [1.165, 1.54) is 19.2 Å². The summed E-state index contributed by atoms with van der Waals surface area (Å²) in [5, 5.41) is 5.33. The van der Waals surface area contributed by atoms with Gasteiger partial charge in [-0.2, -0.15) is 0 Å². The molecule has 196 valence electrons. The molecule has 3 aromatic rings. The van der Waals surface area contributed by atoms with Crippen molar-refractivity contribution in [2.75, 3.05) is 50.3 Å². The number of hydrogen-bond acceptors (Lipinski definition) is 6. The Labute approximate surface area is 219 Å². The number of likely N-dealkylation sites (N-methyl/N-ethyl adjacent to an activating group) is 2. The Bertz CT molecular complexity index is 1390. The molecule has 10 heteroatoms. The van der Waals surface area contributed by atoms with Crippen LogP contribution in [-0.2, 0) is 14.3 Å². The van der Waals surface area contributed by atoms with Crippen molar-refractivity contribution >= 4 is 46.4 Å². The van der Waals surface area contributed by atoms with E-state index in [-0.39, 0.29) is 18.4 Å². The molecule has 0 spiro atoms. The zero-order valence-corrected chi connectivity index (χ0v) is 21.5. The summed E-state index contributed by atoms with van der Waals surface area (Å²) in [4.78, 5) is 45.2. The minimum absolute atomic E-state index is 0.0564. The molecular formula is C28H28FN5O4. The quantitative estimate of drug-likeness (QED) is 0.453. The number of ether oxygens (including phenoxy) is 1. The average molecular weight is 518 g/mol. The van der Waals surface area contributed by atoms with E-state index in [1.807, 2.05) is 14.1 Å². The van der Waals surface area contributed by atoms with Crippen molar-refractivity contribution in [1.29, 1.82) is 0 Å². The summed E-state index contributed by atoms with van der Waals surface area (Å²) in [7, 11) is 6.64. The molecule has 0 aliphatic carbocycles. The maximum atomic E-state index is 13.8. The molecule has 2 N–H and O–H groups in total. The van der Waals surface area contributed by atoms with E-state index in [0.717, 1.165) is 0 Å². The van der Waals surface area contributed by atoms with Gasteiger partial charge in [0.25, 0.3) is 0 Å². The second-order valence-corrected chi connectivity index (χ2v) is 9.05. The molecule has 0 radical (unpaired) electrons. The molecule has 1 aliphatic rings. The third kappa shape index (κ3) is 5.87. The third-order valence-corrected chi connectivity index (χ3v) is 6.04. The van der Waals surface area contributed by atoms with Gasteiger partial charge in [0.15, 0.2) is 0 Å². The first-order valence-electron chi connectivity index (χ1n) is 11.8. The lowest BCUT2D eigenvalue weighted by Gasteiger charge is -2.20. The number of methoxy groups -OCH3 is 1. The fourth-order valence-electron chi connectivity index (χ4n) is 4.11. The number of carbonyl (C=O) groups excluding carboxylic acids is 3. The first-order chi connectivity index (χ1) is 18.2. The van der Waals surface area contributed by atoms with Crippen molar-refractivity contribution in [1.82, 2.24) is 4.90 Å². The van der Waals surface area contributed by atoms with Crippen LogP contribution in [0.15, 0.2) is 71.7 Å². The van der Waals surface area contributed by atoms with Crippen LogP contribution < -0.4 is 15.5 Å². The van der Waals surface area contributed by atoms with Gasteiger partial charge in [-0.3, -0.25) is 19.9 Å². The SMILES string of the molecule is COC(=O)Nc1ccc(C(=Nc2ccc(N(C)C(=O)CN(C)C)cc2)C2C(=O)Nc3cc(F)ccc32)cc1. The van der Waals surface area contributed by atoms with Gasteiger partial charge >= 0.3 is 6.09 Å². The van der Waals surface area contributed by atoms with Crippen molar-refractivity contribution in [2.45, 2.75) is 5.92 Å². The van der Waals surface area contributed by atoms with Crippen molar-refractivity contribution in [3.8, 4) is 0 Å². The maximum Gasteiger partial charge on any atom is 0.411 e. The van der Waals surface area contributed by atoms with Crippen LogP contribution in [-0.4, -0.2) is 63.3 Å². The standard InChI is InChI=1S/C28H28FN5O4/c1-33(2)16-24(35)34(3)21-12-10-19(11-13-21)30-26(17-5-8-20(9-6-17)31-28(37)38-4)25-22-14-7-18(29)15-23(22)32-27(25)36/h5-15,25H,16H2,1-4H3,(H,31,37)(H,32,36). The highest BCUT2D eigenvalue weighted by Crippen LogP contribution is 2.37. The van der Waals surface area contributed by atoms with Crippen LogP contribution in [0.25, 0.3) is 0 Å². The number of amides is 3. The molecule has 9 nitrogen and oxygen atoms in total. The number of rotatable bonds is 7. The molecule has 38 heavy (non-hydrogen) atoms. The van der Waals surface area contributed by atoms with E-state index < -0.39 is 17.8 Å². The minimum Gasteiger partial charge on any atom is -0.453 e. The van der Waals surface area contributed by atoms with Crippen LogP contribution in [0.3, 0.4) is 0 Å². The molecule has 0 aromatic heterocycles. The second kappa shape index (κ2) is 11.2. The number of hydrogen-bond donors (Lipinski definition) is 2. The van der Waals surface area contributed by atoms with E-state index in [9.17, 15) is 18.8 Å². The smallest absolute Gasteiger partial charge is 0.411 e. The number of anilines is 3. The van der Waals surface area contributed by atoms with Gasteiger partial charge < -0.3 is 19.9 Å². The number of nitrogens with one attached hydrogen (secondary N) is 2. The molecular weight excluding hydrogens is 489 g/mol. The number of halogens is 1. The Morgan fingerprint density at radius 2 is 1.71 bits per heavy atom. The third-order valence-electron chi connectivity index (χ3n) is 6.04. The molecule has 1 aliphatic heterocycles. The Morgan fingerprint density at radius 3 is 2.34 bits per heavy atom. The van der Waals surface area contributed by atoms with E-state index >= 15 is 0 Å². The van der Waals surface area contributed by atoms with Crippen LogP contribution >= 0.6 is 0 Å². The normalized spacial score (nSPS) is 14.6. The fraction of sp³-hybridized carbons (Fsp3) is 0.214. The molecule has 0 saturated heterocycles. The highest BCUT2D eigenvalue weighted by atomic mass is 19.1. The number of benzene rings is 3.